The second-order valence-electron chi connectivity index (χ2n) is 6.70. The van der Waals surface area contributed by atoms with Gasteiger partial charge in [0.25, 0.3) is 11.8 Å². The fourth-order valence-corrected chi connectivity index (χ4v) is 3.43. The third-order valence-electron chi connectivity index (χ3n) is 4.45. The van der Waals surface area contributed by atoms with Crippen LogP contribution in [0.3, 0.4) is 0 Å². The summed E-state index contributed by atoms with van der Waals surface area (Å²) >= 11 is 6.25. The van der Waals surface area contributed by atoms with Gasteiger partial charge in [0.2, 0.25) is 0 Å². The van der Waals surface area contributed by atoms with E-state index in [4.69, 9.17) is 16.3 Å². The molecule has 0 spiro atoms. The number of hydrogen-bond acceptors (Lipinski definition) is 4. The Morgan fingerprint density at radius 1 is 1.19 bits per heavy atom. The molecule has 2 heterocycles. The van der Waals surface area contributed by atoms with Gasteiger partial charge in [0, 0.05) is 25.5 Å². The summed E-state index contributed by atoms with van der Waals surface area (Å²) < 4.78 is 5.49. The normalized spacial score (nSPS) is 16.2. The zero-order chi connectivity index (χ0) is 19.4. The average molecular weight is 388 g/mol. The zero-order valence-electron chi connectivity index (χ0n) is 15.3. The highest BCUT2D eigenvalue weighted by Crippen LogP contribution is 2.27. The minimum Gasteiger partial charge on any atom is -0.376 e. The van der Waals surface area contributed by atoms with Gasteiger partial charge in [-0.2, -0.15) is 0 Å². The molecule has 6 nitrogen and oxygen atoms in total. The number of carbonyl (C=O) groups is 2. The van der Waals surface area contributed by atoms with Crippen LogP contribution in [0.4, 0.5) is 5.69 Å². The van der Waals surface area contributed by atoms with Crippen LogP contribution in [-0.2, 0) is 4.74 Å². The van der Waals surface area contributed by atoms with Gasteiger partial charge in [-0.25, -0.2) is 0 Å². The molecule has 1 aromatic carbocycles. The number of nitrogens with zero attached hydrogens (tertiary/aromatic N) is 1. The summed E-state index contributed by atoms with van der Waals surface area (Å²) in [5.74, 6) is -0.651. The molecule has 0 saturated carbocycles. The van der Waals surface area contributed by atoms with E-state index >= 15 is 0 Å². The molecule has 3 rings (SSSR count). The van der Waals surface area contributed by atoms with Crippen molar-refractivity contribution in [3.63, 3.8) is 0 Å². The number of amides is 2. The Kier molecular flexibility index (Phi) is 6.08. The van der Waals surface area contributed by atoms with Crippen molar-refractivity contribution in [2.75, 3.05) is 18.5 Å². The molecule has 1 saturated heterocycles. The van der Waals surface area contributed by atoms with Crippen LogP contribution in [0.2, 0.25) is 5.02 Å². The number of aromatic nitrogens is 1. The molecule has 2 N–H and O–H groups in total. The van der Waals surface area contributed by atoms with Gasteiger partial charge in [-0.3, -0.25) is 14.6 Å². The number of ether oxygens (including phenoxy) is 1. The van der Waals surface area contributed by atoms with E-state index in [1.54, 1.807) is 6.07 Å². The lowest BCUT2D eigenvalue weighted by atomic mass is 10.1. The van der Waals surface area contributed by atoms with Crippen LogP contribution < -0.4 is 10.6 Å². The van der Waals surface area contributed by atoms with E-state index in [2.05, 4.69) is 15.6 Å². The smallest absolute Gasteiger partial charge is 0.257 e. The van der Waals surface area contributed by atoms with E-state index in [-0.39, 0.29) is 23.5 Å². The third-order valence-corrected chi connectivity index (χ3v) is 4.75. The number of hydrogen-bond donors (Lipinski definition) is 2. The Bertz CT molecular complexity index is 840. The quantitative estimate of drug-likeness (QED) is 0.822. The molecule has 1 aromatic heterocycles. The molecular formula is C20H22ClN3O3. The fraction of sp³-hybridized carbons (Fsp3) is 0.350. The molecule has 1 aliphatic rings. The Balaban J connectivity index is 1.69. The van der Waals surface area contributed by atoms with E-state index < -0.39 is 0 Å². The van der Waals surface area contributed by atoms with Gasteiger partial charge in [0.05, 0.1) is 27.9 Å². The zero-order valence-corrected chi connectivity index (χ0v) is 16.1. The van der Waals surface area contributed by atoms with Gasteiger partial charge in [0.1, 0.15) is 0 Å². The van der Waals surface area contributed by atoms with Crippen LogP contribution in [0, 0.1) is 13.8 Å². The first-order valence-corrected chi connectivity index (χ1v) is 9.25. The highest BCUT2D eigenvalue weighted by molar-refractivity contribution is 6.34. The maximum absolute atomic E-state index is 12.6. The lowest BCUT2D eigenvalue weighted by Gasteiger charge is -2.13. The molecule has 0 radical (unpaired) electrons. The van der Waals surface area contributed by atoms with Crippen molar-refractivity contribution in [2.45, 2.75) is 32.8 Å². The molecular weight excluding hydrogens is 366 g/mol. The molecule has 2 aromatic rings. The maximum Gasteiger partial charge on any atom is 0.257 e. The number of pyridine rings is 1. The summed E-state index contributed by atoms with van der Waals surface area (Å²) in [5, 5.41) is 6.10. The van der Waals surface area contributed by atoms with Crippen molar-refractivity contribution in [3.05, 3.63) is 57.9 Å². The maximum atomic E-state index is 12.6. The van der Waals surface area contributed by atoms with Crippen molar-refractivity contribution < 1.29 is 14.3 Å². The molecule has 27 heavy (non-hydrogen) atoms. The summed E-state index contributed by atoms with van der Waals surface area (Å²) in [5.41, 5.74) is 3.05. The van der Waals surface area contributed by atoms with Gasteiger partial charge in [0.15, 0.2) is 0 Å². The van der Waals surface area contributed by atoms with Crippen LogP contribution in [0.5, 0.6) is 0 Å². The Hall–Kier alpha value is -2.44. The molecule has 1 atom stereocenters. The molecule has 7 heteroatoms. The van der Waals surface area contributed by atoms with Crippen LogP contribution in [0.1, 0.15) is 44.7 Å². The van der Waals surface area contributed by atoms with Crippen molar-refractivity contribution in [2.24, 2.45) is 0 Å². The molecule has 1 aliphatic heterocycles. The number of carbonyl (C=O) groups excluding carboxylic acids is 2. The minimum absolute atomic E-state index is 0.0556. The van der Waals surface area contributed by atoms with Crippen molar-refractivity contribution >= 4 is 29.1 Å². The van der Waals surface area contributed by atoms with Crippen LogP contribution in [0.15, 0.2) is 30.6 Å². The summed E-state index contributed by atoms with van der Waals surface area (Å²) in [6.07, 6.45) is 4.87. The second kappa shape index (κ2) is 8.50. The largest absolute Gasteiger partial charge is 0.376 e. The van der Waals surface area contributed by atoms with Gasteiger partial charge < -0.3 is 15.4 Å². The summed E-state index contributed by atoms with van der Waals surface area (Å²) in [7, 11) is 0. The molecule has 142 valence electrons. The average Bonchev–Trinajstić information content (AvgIpc) is 3.16. The van der Waals surface area contributed by atoms with Gasteiger partial charge >= 0.3 is 0 Å². The minimum atomic E-state index is -0.370. The van der Waals surface area contributed by atoms with E-state index in [1.807, 2.05) is 19.9 Å². The lowest BCUT2D eigenvalue weighted by Crippen LogP contribution is -2.32. The van der Waals surface area contributed by atoms with Crippen molar-refractivity contribution in [1.82, 2.24) is 10.3 Å². The molecule has 1 fully saturated rings. The van der Waals surface area contributed by atoms with Crippen molar-refractivity contribution in [3.8, 4) is 0 Å². The van der Waals surface area contributed by atoms with Gasteiger partial charge in [-0.1, -0.05) is 17.7 Å². The SMILES string of the molecule is Cc1cc(C)c(NC(=O)c2cncc(C(=O)NCC3CCCO3)c2)c(Cl)c1. The van der Waals surface area contributed by atoms with Gasteiger partial charge in [-0.05, 0) is 49.9 Å². The van der Waals surface area contributed by atoms with E-state index in [0.717, 1.165) is 30.6 Å². The third kappa shape index (κ3) is 4.84. The molecule has 1 unspecified atom stereocenters. The van der Waals surface area contributed by atoms with E-state index in [1.165, 1.54) is 18.5 Å². The number of benzene rings is 1. The first kappa shape index (κ1) is 19.3. The highest BCUT2D eigenvalue weighted by atomic mass is 35.5. The second-order valence-corrected chi connectivity index (χ2v) is 7.11. The predicted octanol–water partition coefficient (Wildman–Crippen LogP) is 3.51. The molecule has 2 amide bonds. The fourth-order valence-electron chi connectivity index (χ4n) is 3.06. The van der Waals surface area contributed by atoms with E-state index in [9.17, 15) is 9.59 Å². The first-order chi connectivity index (χ1) is 12.9. The van der Waals surface area contributed by atoms with Crippen LogP contribution in [0.25, 0.3) is 0 Å². The molecule has 0 bridgehead atoms. The number of rotatable bonds is 5. The molecule has 0 aliphatic carbocycles. The number of aryl methyl sites for hydroxylation is 2. The number of nitrogens with one attached hydrogen (secondary N) is 2. The highest BCUT2D eigenvalue weighted by Gasteiger charge is 2.18. The van der Waals surface area contributed by atoms with Crippen LogP contribution >= 0.6 is 11.6 Å². The van der Waals surface area contributed by atoms with Gasteiger partial charge in [-0.15, -0.1) is 0 Å². The summed E-state index contributed by atoms with van der Waals surface area (Å²) in [4.78, 5) is 28.9. The Morgan fingerprint density at radius 2 is 1.93 bits per heavy atom. The lowest BCUT2D eigenvalue weighted by molar-refractivity contribution is 0.0857. The predicted molar refractivity (Wildman–Crippen MR) is 104 cm³/mol. The summed E-state index contributed by atoms with van der Waals surface area (Å²) in [6, 6.07) is 5.25. The van der Waals surface area contributed by atoms with Crippen molar-refractivity contribution in [1.29, 1.82) is 0 Å². The van der Waals surface area contributed by atoms with E-state index in [0.29, 0.717) is 22.8 Å². The number of halogens is 1. The standard InChI is InChI=1S/C20H22ClN3O3/c1-12-6-13(2)18(17(21)7-12)24-20(26)15-8-14(9-22-10-15)19(25)23-11-16-4-3-5-27-16/h6-10,16H,3-5,11H2,1-2H3,(H,23,25)(H,24,26). The monoisotopic (exact) mass is 387 g/mol. The Morgan fingerprint density at radius 3 is 2.59 bits per heavy atom. The van der Waals surface area contributed by atoms with Crippen LogP contribution in [-0.4, -0.2) is 36.1 Å². The Labute approximate surface area is 163 Å². The summed E-state index contributed by atoms with van der Waals surface area (Å²) in [6.45, 7) is 5.00. The first-order valence-electron chi connectivity index (χ1n) is 8.87. The topological polar surface area (TPSA) is 80.3 Å². The number of anilines is 1.